The molecule has 0 spiro atoms. The second-order valence-electron chi connectivity index (χ2n) is 7.91. The van der Waals surface area contributed by atoms with Crippen LogP contribution in [-0.2, 0) is 13.1 Å². The number of hydrogen-bond acceptors (Lipinski definition) is 5. The van der Waals surface area contributed by atoms with Crippen LogP contribution < -0.4 is 5.32 Å². The molecular weight excluding hydrogens is 360 g/mol. The second-order valence-corrected chi connectivity index (χ2v) is 7.91. The van der Waals surface area contributed by atoms with Crippen LogP contribution in [0.2, 0.25) is 0 Å². The fraction of sp³-hybridized carbons (Fsp3) is 0.435. The Bertz CT molecular complexity index is 946. The summed E-state index contributed by atoms with van der Waals surface area (Å²) in [5.41, 5.74) is 5.78. The summed E-state index contributed by atoms with van der Waals surface area (Å²) >= 11 is 0. The highest BCUT2D eigenvalue weighted by Gasteiger charge is 2.23. The number of nitrogens with one attached hydrogen (secondary N) is 1. The lowest BCUT2D eigenvalue weighted by atomic mass is 9.94. The van der Waals surface area contributed by atoms with Crippen molar-refractivity contribution in [1.82, 2.24) is 24.6 Å². The zero-order valence-corrected chi connectivity index (χ0v) is 17.6. The molecule has 3 aromatic rings. The summed E-state index contributed by atoms with van der Waals surface area (Å²) < 4.78 is 2.08. The van der Waals surface area contributed by atoms with Gasteiger partial charge in [0.2, 0.25) is 0 Å². The molecule has 1 aliphatic heterocycles. The predicted octanol–water partition coefficient (Wildman–Crippen LogP) is 4.43. The van der Waals surface area contributed by atoms with E-state index >= 15 is 0 Å². The number of nitrogens with zero attached hydrogens (tertiary/aromatic N) is 5. The van der Waals surface area contributed by atoms with E-state index in [2.05, 4.69) is 51.0 Å². The summed E-state index contributed by atoms with van der Waals surface area (Å²) in [6.45, 7) is 10.4. The fourth-order valence-corrected chi connectivity index (χ4v) is 4.12. The van der Waals surface area contributed by atoms with Gasteiger partial charge in [0, 0.05) is 48.2 Å². The summed E-state index contributed by atoms with van der Waals surface area (Å²) in [5.74, 6) is 1.34. The molecule has 29 heavy (non-hydrogen) atoms. The SMILES string of the molecule is CCn1ncc(CN2CCC[C@@H](c3ccc(Nc4cccc(C)n4)cn3)C2)c1C. The molecule has 152 valence electrons. The number of aryl methyl sites for hydroxylation is 2. The van der Waals surface area contributed by atoms with Gasteiger partial charge in [-0.15, -0.1) is 0 Å². The lowest BCUT2D eigenvalue weighted by Crippen LogP contribution is -2.34. The van der Waals surface area contributed by atoms with Crippen LogP contribution in [0.1, 0.15) is 48.3 Å². The van der Waals surface area contributed by atoms with Crippen LogP contribution in [0.25, 0.3) is 0 Å². The molecule has 1 N–H and O–H groups in total. The Morgan fingerprint density at radius 3 is 2.76 bits per heavy atom. The van der Waals surface area contributed by atoms with Gasteiger partial charge < -0.3 is 5.32 Å². The van der Waals surface area contributed by atoms with Gasteiger partial charge in [-0.1, -0.05) is 6.07 Å². The number of aromatic nitrogens is 4. The van der Waals surface area contributed by atoms with Crippen LogP contribution in [0.15, 0.2) is 42.7 Å². The molecule has 6 nitrogen and oxygen atoms in total. The number of piperidine rings is 1. The molecular formula is C23H30N6. The highest BCUT2D eigenvalue weighted by atomic mass is 15.3. The molecule has 4 rings (SSSR count). The maximum atomic E-state index is 4.76. The van der Waals surface area contributed by atoms with Gasteiger partial charge in [-0.05, 0) is 64.4 Å². The molecule has 3 aromatic heterocycles. The van der Waals surface area contributed by atoms with E-state index in [0.717, 1.165) is 43.4 Å². The van der Waals surface area contributed by atoms with Gasteiger partial charge in [-0.25, -0.2) is 4.98 Å². The summed E-state index contributed by atoms with van der Waals surface area (Å²) in [6, 6.07) is 10.3. The molecule has 0 bridgehead atoms. The van der Waals surface area contributed by atoms with Crippen molar-refractivity contribution >= 4 is 11.5 Å². The van der Waals surface area contributed by atoms with E-state index in [-0.39, 0.29) is 0 Å². The Labute approximate surface area is 173 Å². The minimum Gasteiger partial charge on any atom is -0.339 e. The van der Waals surface area contributed by atoms with Gasteiger partial charge in [0.15, 0.2) is 0 Å². The standard InChI is InChI=1S/C23H30N6/c1-4-29-18(3)20(13-25-29)16-28-12-6-8-19(15-28)22-11-10-21(14-24-22)27-23-9-5-7-17(2)26-23/h5,7,9-11,13-14,19H,4,6,8,12,15-16H2,1-3H3,(H,26,27)/t19-/m1/s1. The van der Waals surface area contributed by atoms with Crippen molar-refractivity contribution < 1.29 is 0 Å². The Hall–Kier alpha value is -2.73. The molecule has 0 unspecified atom stereocenters. The van der Waals surface area contributed by atoms with Crippen LogP contribution >= 0.6 is 0 Å². The molecule has 0 saturated carbocycles. The van der Waals surface area contributed by atoms with Crippen LogP contribution in [0.4, 0.5) is 11.5 Å². The molecule has 6 heteroatoms. The molecule has 0 aromatic carbocycles. The molecule has 0 aliphatic carbocycles. The van der Waals surface area contributed by atoms with Crippen molar-refractivity contribution in [3.05, 3.63) is 65.4 Å². The number of hydrogen-bond donors (Lipinski definition) is 1. The maximum absolute atomic E-state index is 4.76. The third kappa shape index (κ3) is 4.65. The average molecular weight is 391 g/mol. The second kappa shape index (κ2) is 8.74. The molecule has 1 saturated heterocycles. The fourth-order valence-electron chi connectivity index (χ4n) is 4.12. The summed E-state index contributed by atoms with van der Waals surface area (Å²) in [4.78, 5) is 11.8. The predicted molar refractivity (Wildman–Crippen MR) is 116 cm³/mol. The quantitative estimate of drug-likeness (QED) is 0.675. The highest BCUT2D eigenvalue weighted by molar-refractivity contribution is 5.55. The zero-order chi connectivity index (χ0) is 20.2. The van der Waals surface area contributed by atoms with Crippen LogP contribution in [0.5, 0.6) is 0 Å². The molecule has 0 radical (unpaired) electrons. The van der Waals surface area contributed by atoms with Crippen molar-refractivity contribution in [2.45, 2.75) is 52.6 Å². The van der Waals surface area contributed by atoms with E-state index in [0.29, 0.717) is 5.92 Å². The Morgan fingerprint density at radius 2 is 2.03 bits per heavy atom. The van der Waals surface area contributed by atoms with Crippen LogP contribution in [0.3, 0.4) is 0 Å². The summed E-state index contributed by atoms with van der Waals surface area (Å²) in [6.07, 6.45) is 6.36. The first-order valence-electron chi connectivity index (χ1n) is 10.5. The van der Waals surface area contributed by atoms with Crippen molar-refractivity contribution in [2.24, 2.45) is 0 Å². The van der Waals surface area contributed by atoms with E-state index in [4.69, 9.17) is 4.98 Å². The van der Waals surface area contributed by atoms with Gasteiger partial charge in [0.1, 0.15) is 5.82 Å². The number of rotatable bonds is 6. The Kier molecular flexibility index (Phi) is 5.90. The smallest absolute Gasteiger partial charge is 0.130 e. The van der Waals surface area contributed by atoms with Crippen LogP contribution in [0, 0.1) is 13.8 Å². The van der Waals surface area contributed by atoms with Gasteiger partial charge >= 0.3 is 0 Å². The number of likely N-dealkylation sites (tertiary alicyclic amines) is 1. The molecule has 0 amide bonds. The molecule has 1 fully saturated rings. The van der Waals surface area contributed by atoms with Crippen LogP contribution in [-0.4, -0.2) is 37.7 Å². The van der Waals surface area contributed by atoms with Gasteiger partial charge in [0.25, 0.3) is 0 Å². The first kappa shape index (κ1) is 19.6. The topological polar surface area (TPSA) is 58.9 Å². The summed E-state index contributed by atoms with van der Waals surface area (Å²) in [7, 11) is 0. The summed E-state index contributed by atoms with van der Waals surface area (Å²) in [5, 5.41) is 7.83. The van der Waals surface area contributed by atoms with Crippen molar-refractivity contribution in [3.63, 3.8) is 0 Å². The van der Waals surface area contributed by atoms with Crippen molar-refractivity contribution in [3.8, 4) is 0 Å². The first-order chi connectivity index (χ1) is 14.1. The Morgan fingerprint density at radius 1 is 1.14 bits per heavy atom. The molecule has 1 aliphatic rings. The van der Waals surface area contributed by atoms with Crippen molar-refractivity contribution in [1.29, 1.82) is 0 Å². The van der Waals surface area contributed by atoms with Gasteiger partial charge in [-0.2, -0.15) is 5.10 Å². The lowest BCUT2D eigenvalue weighted by molar-refractivity contribution is 0.198. The third-order valence-electron chi connectivity index (χ3n) is 5.77. The van der Waals surface area contributed by atoms with E-state index in [1.165, 1.54) is 29.8 Å². The normalized spacial score (nSPS) is 17.4. The Balaban J connectivity index is 1.39. The molecule has 4 heterocycles. The number of anilines is 2. The number of pyridine rings is 2. The van der Waals surface area contributed by atoms with Crippen molar-refractivity contribution in [2.75, 3.05) is 18.4 Å². The van der Waals surface area contributed by atoms with Gasteiger partial charge in [-0.3, -0.25) is 14.6 Å². The van der Waals surface area contributed by atoms with E-state index < -0.39 is 0 Å². The van der Waals surface area contributed by atoms with E-state index in [9.17, 15) is 0 Å². The molecule has 1 atom stereocenters. The highest BCUT2D eigenvalue weighted by Crippen LogP contribution is 2.28. The third-order valence-corrected chi connectivity index (χ3v) is 5.77. The minimum atomic E-state index is 0.483. The first-order valence-corrected chi connectivity index (χ1v) is 10.5. The van der Waals surface area contributed by atoms with Gasteiger partial charge in [0.05, 0.1) is 18.1 Å². The minimum absolute atomic E-state index is 0.483. The van der Waals surface area contributed by atoms with E-state index in [1.807, 2.05) is 37.5 Å². The zero-order valence-electron chi connectivity index (χ0n) is 17.6. The van der Waals surface area contributed by atoms with E-state index in [1.54, 1.807) is 0 Å². The monoisotopic (exact) mass is 390 g/mol. The lowest BCUT2D eigenvalue weighted by Gasteiger charge is -2.32. The maximum Gasteiger partial charge on any atom is 0.130 e. The largest absolute Gasteiger partial charge is 0.339 e. The average Bonchev–Trinajstić information content (AvgIpc) is 3.08.